The van der Waals surface area contributed by atoms with Gasteiger partial charge in [-0.15, -0.1) is 0 Å². The van der Waals surface area contributed by atoms with Gasteiger partial charge in [-0.05, 0) is 96.3 Å². The average molecular weight is 547 g/mol. The quantitative estimate of drug-likeness (QED) is 0.261. The molecule has 0 radical (unpaired) electrons. The van der Waals surface area contributed by atoms with Crippen molar-refractivity contribution in [1.29, 1.82) is 0 Å². The minimum atomic E-state index is -1.02. The molecule has 0 aliphatic rings. The van der Waals surface area contributed by atoms with Crippen molar-refractivity contribution >= 4 is 23.6 Å². The van der Waals surface area contributed by atoms with E-state index < -0.39 is 12.0 Å². The standard InChI is InChI=1S/C33H33NO4S.Li/c1-23-8-6-7-11-28(23)30-22-25(16-19-29(30)32(35)34-31(33(36)37)20-21-39-2)13-12-24-14-17-27(18-15-24)38-26-9-4-3-5-10-26;/h3-11,14-19,22,31H,12-13,20-21H2,1-2H3,(H,34,35)(H,36,37);/q;+1. The first-order valence-electron chi connectivity index (χ1n) is 13.0. The number of para-hydroxylation sites is 1. The van der Waals surface area contributed by atoms with Crippen LogP contribution in [0.3, 0.4) is 0 Å². The monoisotopic (exact) mass is 546 g/mol. The van der Waals surface area contributed by atoms with Gasteiger partial charge in [-0.3, -0.25) is 4.79 Å². The second-order valence-corrected chi connectivity index (χ2v) is 10.4. The molecule has 7 heteroatoms. The van der Waals surface area contributed by atoms with Gasteiger partial charge < -0.3 is 15.2 Å². The molecule has 0 aromatic heterocycles. The fraction of sp³-hybridized carbons (Fsp3) is 0.212. The zero-order valence-corrected chi connectivity index (χ0v) is 24.0. The Morgan fingerprint density at radius 2 is 1.45 bits per heavy atom. The number of amides is 1. The molecule has 1 unspecified atom stereocenters. The number of carboxylic acids is 1. The fourth-order valence-electron chi connectivity index (χ4n) is 4.41. The van der Waals surface area contributed by atoms with Crippen LogP contribution in [-0.2, 0) is 17.6 Å². The smallest absolute Gasteiger partial charge is 0.480 e. The van der Waals surface area contributed by atoms with Crippen LogP contribution in [0.2, 0.25) is 0 Å². The van der Waals surface area contributed by atoms with Gasteiger partial charge in [-0.25, -0.2) is 4.79 Å². The number of aryl methyl sites for hydroxylation is 3. The number of carbonyl (C=O) groups is 2. The zero-order chi connectivity index (χ0) is 27.6. The van der Waals surface area contributed by atoms with E-state index in [1.807, 2.05) is 92.0 Å². The molecule has 4 aromatic carbocycles. The first kappa shape index (κ1) is 31.1. The molecule has 1 amide bonds. The SMILES string of the molecule is CSCCC(NC(=O)c1ccc(CCc2ccc(Oc3ccccc3)cc2)cc1-c1ccccc1C)C(=O)O.[Li+]. The largest absolute Gasteiger partial charge is 1.00 e. The molecule has 0 aliphatic carbocycles. The number of benzene rings is 4. The van der Waals surface area contributed by atoms with Crippen LogP contribution >= 0.6 is 11.8 Å². The summed E-state index contributed by atoms with van der Waals surface area (Å²) in [7, 11) is 0. The summed E-state index contributed by atoms with van der Waals surface area (Å²) >= 11 is 1.56. The van der Waals surface area contributed by atoms with E-state index in [1.165, 1.54) is 5.56 Å². The van der Waals surface area contributed by atoms with E-state index >= 15 is 0 Å². The number of rotatable bonds is 12. The van der Waals surface area contributed by atoms with Gasteiger partial charge in [0.05, 0.1) is 0 Å². The molecule has 2 N–H and O–H groups in total. The van der Waals surface area contributed by atoms with Crippen molar-refractivity contribution < 1.29 is 38.3 Å². The summed E-state index contributed by atoms with van der Waals surface area (Å²) in [5.41, 5.74) is 5.59. The van der Waals surface area contributed by atoms with Gasteiger partial charge in [0, 0.05) is 5.56 Å². The number of ether oxygens (including phenoxy) is 1. The molecule has 0 fully saturated rings. The van der Waals surface area contributed by atoms with Crippen LogP contribution in [0.5, 0.6) is 11.5 Å². The van der Waals surface area contributed by atoms with Crippen molar-refractivity contribution in [3.8, 4) is 22.6 Å². The number of hydrogen-bond donors (Lipinski definition) is 2. The van der Waals surface area contributed by atoms with E-state index in [9.17, 15) is 14.7 Å². The second-order valence-electron chi connectivity index (χ2n) is 9.40. The maximum absolute atomic E-state index is 13.3. The third kappa shape index (κ3) is 8.53. The predicted octanol–water partition coefficient (Wildman–Crippen LogP) is 4.18. The van der Waals surface area contributed by atoms with Gasteiger partial charge in [-0.1, -0.05) is 66.7 Å². The summed E-state index contributed by atoms with van der Waals surface area (Å²) in [5, 5.41) is 12.3. The molecule has 4 aromatic rings. The number of carboxylic acid groups (broad SMARTS) is 1. The summed E-state index contributed by atoms with van der Waals surface area (Å²) < 4.78 is 5.90. The number of carbonyl (C=O) groups excluding carboxylic acids is 1. The van der Waals surface area contributed by atoms with Gasteiger partial charge in [0.2, 0.25) is 0 Å². The van der Waals surface area contributed by atoms with Gasteiger partial charge in [-0.2, -0.15) is 11.8 Å². The minimum Gasteiger partial charge on any atom is -0.480 e. The summed E-state index contributed by atoms with van der Waals surface area (Å²) in [6, 6.07) is 30.6. The molecule has 0 spiro atoms. The van der Waals surface area contributed by atoms with Crippen molar-refractivity contribution in [2.75, 3.05) is 12.0 Å². The van der Waals surface area contributed by atoms with Gasteiger partial charge in [0.15, 0.2) is 0 Å². The maximum Gasteiger partial charge on any atom is 1.00 e. The number of hydrogen-bond acceptors (Lipinski definition) is 4. The Kier molecular flexibility index (Phi) is 12.0. The molecule has 0 aliphatic heterocycles. The molecule has 0 saturated heterocycles. The summed E-state index contributed by atoms with van der Waals surface area (Å²) in [5.74, 6) is 0.852. The van der Waals surface area contributed by atoms with Gasteiger partial charge in [0.1, 0.15) is 17.5 Å². The van der Waals surface area contributed by atoms with E-state index in [2.05, 4.69) is 23.5 Å². The summed E-state index contributed by atoms with van der Waals surface area (Å²) in [4.78, 5) is 25.0. The molecule has 4 rings (SSSR count). The summed E-state index contributed by atoms with van der Waals surface area (Å²) in [6.07, 6.45) is 3.92. The molecule has 0 bridgehead atoms. The average Bonchev–Trinajstić information content (AvgIpc) is 2.95. The third-order valence-electron chi connectivity index (χ3n) is 6.58. The minimum absolute atomic E-state index is 0. The third-order valence-corrected chi connectivity index (χ3v) is 7.23. The molecule has 0 saturated carbocycles. The van der Waals surface area contributed by atoms with Crippen LogP contribution in [0.1, 0.15) is 33.5 Å². The van der Waals surface area contributed by atoms with Crippen LogP contribution in [0.25, 0.3) is 11.1 Å². The molecule has 40 heavy (non-hydrogen) atoms. The maximum atomic E-state index is 13.3. The molecule has 0 heterocycles. The fourth-order valence-corrected chi connectivity index (χ4v) is 4.88. The van der Waals surface area contributed by atoms with Crippen LogP contribution in [-0.4, -0.2) is 35.0 Å². The van der Waals surface area contributed by atoms with E-state index in [0.29, 0.717) is 17.7 Å². The van der Waals surface area contributed by atoms with Crippen molar-refractivity contribution in [3.63, 3.8) is 0 Å². The van der Waals surface area contributed by atoms with Gasteiger partial charge in [0.25, 0.3) is 5.91 Å². The van der Waals surface area contributed by atoms with Crippen LogP contribution in [0.4, 0.5) is 0 Å². The Morgan fingerprint density at radius 1 is 0.825 bits per heavy atom. The molecular weight excluding hydrogens is 513 g/mol. The van der Waals surface area contributed by atoms with E-state index in [-0.39, 0.29) is 24.8 Å². The molecular formula is C33H33LiNO4S+. The van der Waals surface area contributed by atoms with E-state index in [4.69, 9.17) is 4.74 Å². The van der Waals surface area contributed by atoms with Gasteiger partial charge >= 0.3 is 24.8 Å². The summed E-state index contributed by atoms with van der Waals surface area (Å²) in [6.45, 7) is 2.02. The predicted molar refractivity (Wildman–Crippen MR) is 159 cm³/mol. The topological polar surface area (TPSA) is 75.6 Å². The molecule has 200 valence electrons. The van der Waals surface area contributed by atoms with E-state index in [1.54, 1.807) is 11.8 Å². The molecule has 1 atom stereocenters. The Bertz CT molecular complexity index is 1410. The zero-order valence-electron chi connectivity index (χ0n) is 23.2. The first-order chi connectivity index (χ1) is 18.9. The Morgan fingerprint density at radius 3 is 2.12 bits per heavy atom. The Hall–Kier alpha value is -3.43. The normalized spacial score (nSPS) is 11.2. The number of nitrogens with one attached hydrogen (secondary N) is 1. The van der Waals surface area contributed by atoms with Crippen molar-refractivity contribution in [2.24, 2.45) is 0 Å². The second kappa shape index (κ2) is 15.4. The molecule has 5 nitrogen and oxygen atoms in total. The van der Waals surface area contributed by atoms with Crippen LogP contribution < -0.4 is 28.9 Å². The number of aliphatic carboxylic acids is 1. The first-order valence-corrected chi connectivity index (χ1v) is 14.4. The van der Waals surface area contributed by atoms with Crippen LogP contribution in [0, 0.1) is 6.92 Å². The number of thioether (sulfide) groups is 1. The van der Waals surface area contributed by atoms with Crippen molar-refractivity contribution in [1.82, 2.24) is 5.32 Å². The van der Waals surface area contributed by atoms with E-state index in [0.717, 1.165) is 46.6 Å². The Balaban J connectivity index is 0.00000441. The van der Waals surface area contributed by atoms with Crippen molar-refractivity contribution in [3.05, 3.63) is 119 Å². The van der Waals surface area contributed by atoms with Crippen LogP contribution in [0.15, 0.2) is 97.1 Å². The Labute approximate surface area is 252 Å². The van der Waals surface area contributed by atoms with Crippen molar-refractivity contribution in [2.45, 2.75) is 32.2 Å².